The molecule has 1 N–H and O–H groups in total. The molecule has 4 rings (SSSR count). The summed E-state index contributed by atoms with van der Waals surface area (Å²) in [5.41, 5.74) is 1.27. The van der Waals surface area contributed by atoms with E-state index in [0.717, 1.165) is 11.4 Å². The first-order valence-electron chi connectivity index (χ1n) is 8.08. The molecular formula is C20H15N3O3. The molecule has 4 aromatic rings. The van der Waals surface area contributed by atoms with Gasteiger partial charge in [0.15, 0.2) is 0 Å². The van der Waals surface area contributed by atoms with Crippen LogP contribution in [0.25, 0.3) is 16.7 Å². The number of fused-ring (bicyclic) bond motifs is 1. The molecule has 26 heavy (non-hydrogen) atoms. The van der Waals surface area contributed by atoms with Crippen LogP contribution in [0.1, 0.15) is 16.1 Å². The Morgan fingerprint density at radius 1 is 1.04 bits per heavy atom. The van der Waals surface area contributed by atoms with Crippen LogP contribution in [0.4, 0.5) is 5.82 Å². The molecule has 0 fully saturated rings. The van der Waals surface area contributed by atoms with E-state index in [-0.39, 0.29) is 5.56 Å². The third-order valence-corrected chi connectivity index (χ3v) is 3.96. The molecule has 0 saturated heterocycles. The number of aryl methyl sites for hydroxylation is 1. The predicted octanol–water partition coefficient (Wildman–Crippen LogP) is 3.54. The fourth-order valence-electron chi connectivity index (χ4n) is 2.76. The van der Waals surface area contributed by atoms with Gasteiger partial charge in [-0.2, -0.15) is 5.10 Å². The third kappa shape index (κ3) is 2.88. The van der Waals surface area contributed by atoms with Crippen molar-refractivity contribution in [3.05, 3.63) is 88.4 Å². The van der Waals surface area contributed by atoms with E-state index < -0.39 is 11.5 Å². The highest BCUT2D eigenvalue weighted by molar-refractivity contribution is 6.05. The number of benzene rings is 2. The van der Waals surface area contributed by atoms with Crippen molar-refractivity contribution in [2.75, 3.05) is 5.32 Å². The molecule has 0 aliphatic rings. The summed E-state index contributed by atoms with van der Waals surface area (Å²) in [5.74, 6) is -0.0622. The van der Waals surface area contributed by atoms with Gasteiger partial charge in [-0.25, -0.2) is 9.48 Å². The molecule has 1 amide bonds. The lowest BCUT2D eigenvalue weighted by Crippen LogP contribution is -2.22. The number of nitrogens with one attached hydrogen (secondary N) is 1. The van der Waals surface area contributed by atoms with E-state index in [4.69, 9.17) is 4.42 Å². The summed E-state index contributed by atoms with van der Waals surface area (Å²) >= 11 is 0. The average Bonchev–Trinajstić information content (AvgIpc) is 3.02. The van der Waals surface area contributed by atoms with Gasteiger partial charge in [0.25, 0.3) is 5.91 Å². The molecule has 0 spiro atoms. The number of para-hydroxylation sites is 2. The van der Waals surface area contributed by atoms with Crippen molar-refractivity contribution in [2.45, 2.75) is 6.92 Å². The minimum absolute atomic E-state index is 0.0536. The summed E-state index contributed by atoms with van der Waals surface area (Å²) in [7, 11) is 0. The van der Waals surface area contributed by atoms with Crippen molar-refractivity contribution in [1.29, 1.82) is 0 Å². The number of carbonyl (C=O) groups excluding carboxylic acids is 1. The molecule has 2 heterocycles. The van der Waals surface area contributed by atoms with Gasteiger partial charge in [-0.1, -0.05) is 36.4 Å². The zero-order valence-corrected chi connectivity index (χ0v) is 14.0. The normalized spacial score (nSPS) is 10.8. The fraction of sp³-hybridized carbons (Fsp3) is 0.0500. The number of nitrogens with zero attached hydrogens (tertiary/aromatic N) is 2. The zero-order chi connectivity index (χ0) is 18.1. The summed E-state index contributed by atoms with van der Waals surface area (Å²) in [6, 6.07) is 19.8. The highest BCUT2D eigenvalue weighted by Crippen LogP contribution is 2.18. The van der Waals surface area contributed by atoms with Crippen molar-refractivity contribution in [3.8, 4) is 5.69 Å². The van der Waals surface area contributed by atoms with Crippen molar-refractivity contribution in [1.82, 2.24) is 9.78 Å². The number of anilines is 1. The quantitative estimate of drug-likeness (QED) is 0.576. The summed E-state index contributed by atoms with van der Waals surface area (Å²) < 4.78 is 6.85. The maximum absolute atomic E-state index is 12.7. The molecule has 2 aromatic heterocycles. The maximum atomic E-state index is 12.7. The van der Waals surface area contributed by atoms with Crippen molar-refractivity contribution >= 4 is 22.7 Å². The Bertz CT molecular complexity index is 1160. The van der Waals surface area contributed by atoms with Crippen LogP contribution in [0.15, 0.2) is 75.9 Å². The Morgan fingerprint density at radius 2 is 1.77 bits per heavy atom. The SMILES string of the molecule is Cc1cc(NC(=O)c2cc3ccccc3oc2=O)n(-c2ccccc2)n1. The minimum atomic E-state index is -0.677. The Balaban J connectivity index is 1.72. The molecule has 0 radical (unpaired) electrons. The molecule has 128 valence electrons. The number of carbonyl (C=O) groups is 1. The molecule has 6 heteroatoms. The second-order valence-corrected chi connectivity index (χ2v) is 5.86. The number of amides is 1. The first kappa shape index (κ1) is 15.8. The van der Waals surface area contributed by atoms with Gasteiger partial charge >= 0.3 is 5.63 Å². The summed E-state index contributed by atoms with van der Waals surface area (Å²) in [5, 5.41) is 7.84. The fourth-order valence-corrected chi connectivity index (χ4v) is 2.76. The summed E-state index contributed by atoms with van der Waals surface area (Å²) in [4.78, 5) is 24.8. The van der Waals surface area contributed by atoms with Crippen LogP contribution in [0, 0.1) is 6.92 Å². The predicted molar refractivity (Wildman–Crippen MR) is 98.7 cm³/mol. The van der Waals surface area contributed by atoms with E-state index in [9.17, 15) is 9.59 Å². The van der Waals surface area contributed by atoms with E-state index in [1.807, 2.05) is 43.3 Å². The molecule has 0 aliphatic carbocycles. The van der Waals surface area contributed by atoms with Gasteiger partial charge in [0.05, 0.1) is 11.4 Å². The number of aromatic nitrogens is 2. The molecular weight excluding hydrogens is 330 g/mol. The first-order chi connectivity index (χ1) is 12.6. The molecule has 6 nitrogen and oxygen atoms in total. The van der Waals surface area contributed by atoms with E-state index in [1.165, 1.54) is 6.07 Å². The van der Waals surface area contributed by atoms with Crippen LogP contribution in [-0.2, 0) is 0 Å². The third-order valence-electron chi connectivity index (χ3n) is 3.96. The van der Waals surface area contributed by atoms with E-state index in [2.05, 4.69) is 10.4 Å². The Kier molecular flexibility index (Phi) is 3.85. The van der Waals surface area contributed by atoms with Gasteiger partial charge in [-0.3, -0.25) is 4.79 Å². The smallest absolute Gasteiger partial charge is 0.349 e. The zero-order valence-electron chi connectivity index (χ0n) is 14.0. The van der Waals surface area contributed by atoms with Crippen molar-refractivity contribution < 1.29 is 9.21 Å². The Labute approximate surface area is 148 Å². The van der Waals surface area contributed by atoms with Gasteiger partial charge in [-0.05, 0) is 31.2 Å². The molecule has 0 unspecified atom stereocenters. The molecule has 0 saturated carbocycles. The second-order valence-electron chi connectivity index (χ2n) is 5.86. The van der Waals surface area contributed by atoms with Crippen LogP contribution < -0.4 is 10.9 Å². The van der Waals surface area contributed by atoms with Crippen LogP contribution >= 0.6 is 0 Å². The van der Waals surface area contributed by atoms with E-state index in [1.54, 1.807) is 28.9 Å². The van der Waals surface area contributed by atoms with Gasteiger partial charge in [-0.15, -0.1) is 0 Å². The van der Waals surface area contributed by atoms with Crippen LogP contribution in [0.3, 0.4) is 0 Å². The molecule has 0 atom stereocenters. The monoisotopic (exact) mass is 345 g/mol. The highest BCUT2D eigenvalue weighted by Gasteiger charge is 2.17. The maximum Gasteiger partial charge on any atom is 0.349 e. The minimum Gasteiger partial charge on any atom is -0.422 e. The molecule has 2 aromatic carbocycles. The van der Waals surface area contributed by atoms with Crippen LogP contribution in [0.2, 0.25) is 0 Å². The molecule has 0 aliphatic heterocycles. The number of hydrogen-bond acceptors (Lipinski definition) is 4. The van der Waals surface area contributed by atoms with Gasteiger partial charge < -0.3 is 9.73 Å². The van der Waals surface area contributed by atoms with Crippen LogP contribution in [0.5, 0.6) is 0 Å². The van der Waals surface area contributed by atoms with Gasteiger partial charge in [0.1, 0.15) is 17.0 Å². The van der Waals surface area contributed by atoms with Crippen LogP contribution in [-0.4, -0.2) is 15.7 Å². The first-order valence-corrected chi connectivity index (χ1v) is 8.08. The topological polar surface area (TPSA) is 77.1 Å². The Morgan fingerprint density at radius 3 is 2.58 bits per heavy atom. The van der Waals surface area contributed by atoms with Crippen molar-refractivity contribution in [3.63, 3.8) is 0 Å². The van der Waals surface area contributed by atoms with E-state index >= 15 is 0 Å². The number of hydrogen-bond donors (Lipinski definition) is 1. The van der Waals surface area contributed by atoms with Crippen molar-refractivity contribution in [2.24, 2.45) is 0 Å². The largest absolute Gasteiger partial charge is 0.422 e. The summed E-state index contributed by atoms with van der Waals surface area (Å²) in [6.45, 7) is 1.83. The summed E-state index contributed by atoms with van der Waals surface area (Å²) in [6.07, 6.45) is 0. The van der Waals surface area contributed by atoms with E-state index in [0.29, 0.717) is 16.8 Å². The number of rotatable bonds is 3. The lowest BCUT2D eigenvalue weighted by Gasteiger charge is -2.08. The standard InChI is InChI=1S/C20H15N3O3/c1-13-11-18(23(22-13)15-8-3-2-4-9-15)21-19(24)16-12-14-7-5-6-10-17(14)26-20(16)25/h2-12H,1H3,(H,21,24). The molecule has 0 bridgehead atoms. The highest BCUT2D eigenvalue weighted by atomic mass is 16.4. The lowest BCUT2D eigenvalue weighted by molar-refractivity contribution is 0.102. The lowest BCUT2D eigenvalue weighted by atomic mass is 10.2. The van der Waals surface area contributed by atoms with Gasteiger partial charge in [0, 0.05) is 11.5 Å². The average molecular weight is 345 g/mol. The van der Waals surface area contributed by atoms with Gasteiger partial charge in [0.2, 0.25) is 0 Å². The Hall–Kier alpha value is -3.67. The second kappa shape index (κ2) is 6.33.